The third-order valence-electron chi connectivity index (χ3n) is 4.78. The van der Waals surface area contributed by atoms with Gasteiger partial charge in [0.15, 0.2) is 0 Å². The van der Waals surface area contributed by atoms with Crippen LogP contribution in [0.4, 0.5) is 0 Å². The largest absolute Gasteiger partial charge is 0.353 e. The number of carbonyl (C=O) groups excluding carboxylic acids is 5. The van der Waals surface area contributed by atoms with Gasteiger partial charge in [0.2, 0.25) is 23.6 Å². The van der Waals surface area contributed by atoms with Gasteiger partial charge in [-0.05, 0) is 25.5 Å². The van der Waals surface area contributed by atoms with Gasteiger partial charge in [-0.15, -0.1) is 11.8 Å². The van der Waals surface area contributed by atoms with Crippen molar-refractivity contribution in [3.8, 4) is 0 Å². The average Bonchev–Trinajstić information content (AvgIpc) is 2.99. The quantitative estimate of drug-likeness (QED) is 0.310. The minimum absolute atomic E-state index is 0.0299. The second-order valence-electron chi connectivity index (χ2n) is 7.17. The Balaban J connectivity index is 0.00000436. The minimum Gasteiger partial charge on any atom is -0.353 e. The first-order valence-electron chi connectivity index (χ1n) is 10.8. The molecule has 1 fully saturated rings. The number of likely N-dealkylation sites (N-methyl/N-ethyl adjacent to an activating group) is 1. The van der Waals surface area contributed by atoms with Crippen molar-refractivity contribution in [3.63, 3.8) is 0 Å². The third kappa shape index (κ3) is 10.3. The summed E-state index contributed by atoms with van der Waals surface area (Å²) in [6, 6.07) is -0.829. The van der Waals surface area contributed by atoms with Crippen molar-refractivity contribution in [1.82, 2.24) is 15.1 Å². The molecular formula is C21H38N4O5S. The van der Waals surface area contributed by atoms with Crippen molar-refractivity contribution in [3.05, 3.63) is 0 Å². The Hall–Kier alpha value is -1.94. The maximum atomic E-state index is 12.4. The average molecular weight is 459 g/mol. The number of thioether (sulfide) groups is 1. The number of ketones is 1. The standard InChI is InChI=1S/C19H32N4O5S.C2H6/c1-13(24)11-14(18(27)21-9-8-20)22(2)16(25)7-5-4-6-10-29-15-12-17(26)23(3)19(15)28;1-2/h14-15H,4-12,20H2,1-3H3,(H,21,27);1-2H3. The fourth-order valence-corrected chi connectivity index (χ4v) is 4.19. The highest BCUT2D eigenvalue weighted by Gasteiger charge is 2.35. The molecular weight excluding hydrogens is 420 g/mol. The number of nitrogens with one attached hydrogen (secondary N) is 1. The molecule has 178 valence electrons. The summed E-state index contributed by atoms with van der Waals surface area (Å²) in [5.41, 5.74) is 5.38. The number of nitrogens with zero attached hydrogens (tertiary/aromatic N) is 2. The smallest absolute Gasteiger partial charge is 0.243 e. The topological polar surface area (TPSA) is 130 Å². The van der Waals surface area contributed by atoms with Crippen LogP contribution in [0, 0.1) is 0 Å². The van der Waals surface area contributed by atoms with E-state index >= 15 is 0 Å². The lowest BCUT2D eigenvalue weighted by Gasteiger charge is -2.26. The molecule has 0 saturated carbocycles. The molecule has 31 heavy (non-hydrogen) atoms. The fraction of sp³-hybridized carbons (Fsp3) is 0.762. The Morgan fingerprint density at radius 2 is 1.87 bits per heavy atom. The predicted molar refractivity (Wildman–Crippen MR) is 122 cm³/mol. The van der Waals surface area contributed by atoms with Crippen LogP contribution in [0.25, 0.3) is 0 Å². The fourth-order valence-electron chi connectivity index (χ4n) is 2.97. The molecule has 0 aromatic heterocycles. The molecule has 9 nitrogen and oxygen atoms in total. The van der Waals surface area contributed by atoms with Crippen molar-refractivity contribution in [1.29, 1.82) is 0 Å². The van der Waals surface area contributed by atoms with Crippen LogP contribution in [0.3, 0.4) is 0 Å². The first kappa shape index (κ1) is 29.1. The van der Waals surface area contributed by atoms with Gasteiger partial charge in [0.05, 0.1) is 5.25 Å². The van der Waals surface area contributed by atoms with E-state index in [4.69, 9.17) is 5.73 Å². The Kier molecular flexibility index (Phi) is 14.8. The van der Waals surface area contributed by atoms with E-state index in [0.29, 0.717) is 6.42 Å². The summed E-state index contributed by atoms with van der Waals surface area (Å²) in [4.78, 5) is 61.9. The normalized spacial score (nSPS) is 16.5. The number of rotatable bonds is 13. The summed E-state index contributed by atoms with van der Waals surface area (Å²) in [6.07, 6.45) is 2.79. The molecule has 0 aromatic carbocycles. The van der Waals surface area contributed by atoms with Gasteiger partial charge in [0.1, 0.15) is 11.8 Å². The Morgan fingerprint density at radius 3 is 2.39 bits per heavy atom. The van der Waals surface area contributed by atoms with Crippen LogP contribution in [0.2, 0.25) is 0 Å². The first-order chi connectivity index (χ1) is 14.7. The number of nitrogens with two attached hydrogens (primary N) is 1. The number of carbonyl (C=O) groups is 5. The van der Waals surface area contributed by atoms with Gasteiger partial charge in [0.25, 0.3) is 0 Å². The number of amides is 4. The summed E-state index contributed by atoms with van der Waals surface area (Å²) >= 11 is 1.48. The molecule has 1 heterocycles. The zero-order chi connectivity index (χ0) is 24.0. The SMILES string of the molecule is CC.CC(=O)CC(C(=O)NCCN)N(C)C(=O)CCCCCSC1CC(=O)N(C)C1=O. The molecule has 1 rings (SSSR count). The number of Topliss-reactive ketones (excluding diaryl/α,β-unsaturated/α-hetero) is 1. The van der Waals surface area contributed by atoms with Crippen molar-refractivity contribution in [2.75, 3.05) is 32.9 Å². The lowest BCUT2D eigenvalue weighted by Crippen LogP contribution is -2.49. The highest BCUT2D eigenvalue weighted by Crippen LogP contribution is 2.25. The number of hydrogen-bond acceptors (Lipinski definition) is 7. The molecule has 1 aliphatic heterocycles. The van der Waals surface area contributed by atoms with Crippen LogP contribution < -0.4 is 11.1 Å². The van der Waals surface area contributed by atoms with E-state index in [2.05, 4.69) is 5.32 Å². The van der Waals surface area contributed by atoms with Gasteiger partial charge in [-0.25, -0.2) is 0 Å². The summed E-state index contributed by atoms with van der Waals surface area (Å²) in [6.45, 7) is 5.96. The van der Waals surface area contributed by atoms with Crippen LogP contribution in [-0.2, 0) is 24.0 Å². The van der Waals surface area contributed by atoms with E-state index in [9.17, 15) is 24.0 Å². The second-order valence-corrected chi connectivity index (χ2v) is 8.48. The van der Waals surface area contributed by atoms with Crippen molar-refractivity contribution < 1.29 is 24.0 Å². The predicted octanol–water partition coefficient (Wildman–Crippen LogP) is 0.945. The maximum Gasteiger partial charge on any atom is 0.243 e. The zero-order valence-electron chi connectivity index (χ0n) is 19.4. The van der Waals surface area contributed by atoms with E-state index < -0.39 is 6.04 Å². The molecule has 10 heteroatoms. The second kappa shape index (κ2) is 15.8. The van der Waals surface area contributed by atoms with Crippen molar-refractivity contribution in [2.45, 2.75) is 70.6 Å². The Labute approximate surface area is 189 Å². The molecule has 4 amide bonds. The van der Waals surface area contributed by atoms with Crippen LogP contribution in [0.5, 0.6) is 0 Å². The van der Waals surface area contributed by atoms with Crippen LogP contribution in [0.1, 0.15) is 59.3 Å². The molecule has 0 aromatic rings. The van der Waals surface area contributed by atoms with E-state index in [1.807, 2.05) is 13.8 Å². The Morgan fingerprint density at radius 1 is 1.23 bits per heavy atom. The zero-order valence-corrected chi connectivity index (χ0v) is 20.3. The number of unbranched alkanes of at least 4 members (excludes halogenated alkanes) is 2. The van der Waals surface area contributed by atoms with Gasteiger partial charge in [-0.2, -0.15) is 0 Å². The summed E-state index contributed by atoms with van der Waals surface area (Å²) in [5, 5.41) is 2.33. The highest BCUT2D eigenvalue weighted by molar-refractivity contribution is 8.00. The van der Waals surface area contributed by atoms with Gasteiger partial charge >= 0.3 is 0 Å². The molecule has 2 atom stereocenters. The monoisotopic (exact) mass is 458 g/mol. The number of likely N-dealkylation sites (tertiary alicyclic amines) is 1. The van der Waals surface area contributed by atoms with Crippen LogP contribution in [0.15, 0.2) is 0 Å². The summed E-state index contributed by atoms with van der Waals surface area (Å²) < 4.78 is 0. The van der Waals surface area contributed by atoms with E-state index in [-0.39, 0.29) is 67.0 Å². The maximum absolute atomic E-state index is 12.4. The first-order valence-corrected chi connectivity index (χ1v) is 11.9. The van der Waals surface area contributed by atoms with Crippen LogP contribution >= 0.6 is 11.8 Å². The molecule has 0 aliphatic carbocycles. The molecule has 3 N–H and O–H groups in total. The molecule has 0 radical (unpaired) electrons. The van der Waals surface area contributed by atoms with E-state index in [1.54, 1.807) is 0 Å². The lowest BCUT2D eigenvalue weighted by atomic mass is 10.1. The van der Waals surface area contributed by atoms with Gasteiger partial charge in [-0.3, -0.25) is 28.9 Å². The molecule has 2 unspecified atom stereocenters. The molecule has 1 saturated heterocycles. The molecule has 1 aliphatic rings. The lowest BCUT2D eigenvalue weighted by molar-refractivity contribution is -0.140. The third-order valence-corrected chi connectivity index (χ3v) is 6.08. The van der Waals surface area contributed by atoms with E-state index in [0.717, 1.165) is 18.6 Å². The van der Waals surface area contributed by atoms with Gasteiger partial charge in [-0.1, -0.05) is 20.3 Å². The number of hydrogen-bond donors (Lipinski definition) is 2. The van der Waals surface area contributed by atoms with Gasteiger partial charge < -0.3 is 16.0 Å². The Bertz CT molecular complexity index is 629. The van der Waals surface area contributed by atoms with E-state index in [1.165, 1.54) is 42.6 Å². The van der Waals surface area contributed by atoms with Crippen molar-refractivity contribution >= 4 is 41.2 Å². The summed E-state index contributed by atoms with van der Waals surface area (Å²) in [7, 11) is 3.04. The minimum atomic E-state index is -0.829. The molecule has 0 spiro atoms. The highest BCUT2D eigenvalue weighted by atomic mass is 32.2. The van der Waals surface area contributed by atoms with Gasteiger partial charge in [0, 0.05) is 46.4 Å². The van der Waals surface area contributed by atoms with Crippen LogP contribution in [-0.4, -0.2) is 83.4 Å². The van der Waals surface area contributed by atoms with Crippen molar-refractivity contribution in [2.24, 2.45) is 5.73 Å². The number of imide groups is 1. The summed E-state index contributed by atoms with van der Waals surface area (Å²) in [5.74, 6) is -0.266. The molecule has 0 bridgehead atoms.